The largest absolute Gasteiger partial charge is 0.338 e. The van der Waals surface area contributed by atoms with Crippen LogP contribution in [0.5, 0.6) is 0 Å². The number of hydroxylamine groups is 2. The van der Waals surface area contributed by atoms with Crippen molar-refractivity contribution in [3.63, 3.8) is 0 Å². The van der Waals surface area contributed by atoms with Crippen molar-refractivity contribution < 1.29 is 14.3 Å². The van der Waals surface area contributed by atoms with Crippen LogP contribution in [-0.2, 0) is 14.3 Å². The van der Waals surface area contributed by atoms with Crippen molar-refractivity contribution in [2.24, 2.45) is 0 Å². The van der Waals surface area contributed by atoms with Crippen molar-refractivity contribution in [1.82, 2.24) is 5.06 Å². The van der Waals surface area contributed by atoms with Crippen LogP contribution < -0.4 is 0 Å². The molecular weight excluding hydrogens is 182 g/mol. The Kier molecular flexibility index (Phi) is 5.40. The molecule has 0 N–H and O–H groups in total. The molecule has 1 heterocycles. The lowest BCUT2D eigenvalue weighted by Crippen LogP contribution is -2.46. The Labute approximate surface area is 86.1 Å². The van der Waals surface area contributed by atoms with Gasteiger partial charge in [-0.1, -0.05) is 13.3 Å². The second-order valence-corrected chi connectivity index (χ2v) is 3.58. The van der Waals surface area contributed by atoms with Crippen molar-refractivity contribution in [1.29, 1.82) is 0 Å². The number of nitrogens with zero attached hydrogens (tertiary/aromatic N) is 1. The second-order valence-electron chi connectivity index (χ2n) is 3.58. The van der Waals surface area contributed by atoms with Crippen LogP contribution in [0.1, 0.15) is 33.1 Å². The maximum atomic E-state index is 5.48. The van der Waals surface area contributed by atoms with Crippen LogP contribution in [0.25, 0.3) is 0 Å². The molecule has 14 heavy (non-hydrogen) atoms. The van der Waals surface area contributed by atoms with E-state index in [9.17, 15) is 0 Å². The molecule has 0 amide bonds. The zero-order chi connectivity index (χ0) is 10.4. The summed E-state index contributed by atoms with van der Waals surface area (Å²) in [5.41, 5.74) is 0. The molecule has 0 radical (unpaired) electrons. The summed E-state index contributed by atoms with van der Waals surface area (Å²) >= 11 is 0. The van der Waals surface area contributed by atoms with Gasteiger partial charge in [-0.3, -0.25) is 4.84 Å². The summed E-state index contributed by atoms with van der Waals surface area (Å²) < 4.78 is 11.0. The zero-order valence-electron chi connectivity index (χ0n) is 9.36. The van der Waals surface area contributed by atoms with Crippen LogP contribution >= 0.6 is 0 Å². The van der Waals surface area contributed by atoms with E-state index in [1.165, 1.54) is 0 Å². The van der Waals surface area contributed by atoms with Crippen molar-refractivity contribution in [3.05, 3.63) is 0 Å². The highest BCUT2D eigenvalue weighted by molar-refractivity contribution is 4.60. The molecule has 0 aromatic heterocycles. The van der Waals surface area contributed by atoms with Crippen LogP contribution in [0.2, 0.25) is 0 Å². The third-order valence-electron chi connectivity index (χ3n) is 2.37. The zero-order valence-corrected chi connectivity index (χ0v) is 9.36. The fourth-order valence-corrected chi connectivity index (χ4v) is 1.64. The fraction of sp³-hybridized carbons (Fsp3) is 1.00. The summed E-state index contributed by atoms with van der Waals surface area (Å²) in [5, 5.41) is 1.79. The first kappa shape index (κ1) is 11.9. The Bertz CT molecular complexity index is 148. The van der Waals surface area contributed by atoms with Gasteiger partial charge < -0.3 is 9.47 Å². The third-order valence-corrected chi connectivity index (χ3v) is 2.37. The van der Waals surface area contributed by atoms with Crippen LogP contribution in [0.3, 0.4) is 0 Å². The predicted octanol–water partition coefficient (Wildman–Crippen LogP) is 1.76. The fourth-order valence-electron chi connectivity index (χ4n) is 1.64. The van der Waals surface area contributed by atoms with Gasteiger partial charge in [-0.15, -0.1) is 5.06 Å². The number of hydrogen-bond donors (Lipinski definition) is 0. The Hall–Kier alpha value is -0.160. The van der Waals surface area contributed by atoms with Gasteiger partial charge in [0.1, 0.15) is 0 Å². The molecule has 0 aliphatic carbocycles. The van der Waals surface area contributed by atoms with Crippen molar-refractivity contribution >= 4 is 0 Å². The molecule has 1 saturated heterocycles. The highest BCUT2D eigenvalue weighted by Gasteiger charge is 2.26. The molecule has 0 saturated carbocycles. The molecule has 84 valence electrons. The minimum Gasteiger partial charge on any atom is -0.338 e. The molecular formula is C10H21NO3. The van der Waals surface area contributed by atoms with Crippen LogP contribution in [-0.4, -0.2) is 37.8 Å². The molecule has 4 heteroatoms. The summed E-state index contributed by atoms with van der Waals surface area (Å²) in [4.78, 5) is 5.29. The Morgan fingerprint density at radius 1 is 1.43 bits per heavy atom. The van der Waals surface area contributed by atoms with Crippen LogP contribution in [0.4, 0.5) is 0 Å². The highest BCUT2D eigenvalue weighted by atomic mass is 16.8. The number of hydrogen-bond acceptors (Lipinski definition) is 4. The summed E-state index contributed by atoms with van der Waals surface area (Å²) in [7, 11) is 1.66. The van der Waals surface area contributed by atoms with E-state index in [1.54, 1.807) is 12.2 Å². The van der Waals surface area contributed by atoms with Gasteiger partial charge in [0, 0.05) is 6.04 Å². The smallest absolute Gasteiger partial charge is 0.241 e. The average molecular weight is 203 g/mol. The maximum absolute atomic E-state index is 5.48. The molecule has 1 fully saturated rings. The van der Waals surface area contributed by atoms with E-state index >= 15 is 0 Å². The summed E-state index contributed by atoms with van der Waals surface area (Å²) in [6.07, 6.45) is 2.86. The molecule has 1 atom stereocenters. The highest BCUT2D eigenvalue weighted by Crippen LogP contribution is 2.16. The Balaban J connectivity index is 2.41. The first-order valence-corrected chi connectivity index (χ1v) is 5.35. The standard InChI is InChI=1S/C10H21NO3/c1-4-6-9(2)11(12-3)10-13-7-5-8-14-10/h9-10H,4-8H2,1-3H3. The monoisotopic (exact) mass is 203 g/mol. The quantitative estimate of drug-likeness (QED) is 0.637. The molecule has 1 aliphatic rings. The van der Waals surface area contributed by atoms with E-state index in [0.29, 0.717) is 6.04 Å². The lowest BCUT2D eigenvalue weighted by atomic mass is 10.2. The maximum Gasteiger partial charge on any atom is 0.241 e. The number of ether oxygens (including phenoxy) is 2. The van der Waals surface area contributed by atoms with Crippen molar-refractivity contribution in [2.75, 3.05) is 20.3 Å². The minimum atomic E-state index is -0.324. The third kappa shape index (κ3) is 3.20. The number of rotatable bonds is 5. The molecule has 0 aromatic carbocycles. The molecule has 1 rings (SSSR count). The van der Waals surface area contributed by atoms with Gasteiger partial charge in [-0.25, -0.2) is 0 Å². The average Bonchev–Trinajstić information content (AvgIpc) is 2.21. The van der Waals surface area contributed by atoms with Crippen molar-refractivity contribution in [2.45, 2.75) is 45.6 Å². The minimum absolute atomic E-state index is 0.324. The molecule has 0 bridgehead atoms. The first-order chi connectivity index (χ1) is 6.79. The molecule has 0 aromatic rings. The normalized spacial score (nSPS) is 21.4. The molecule has 0 spiro atoms. The Morgan fingerprint density at radius 2 is 2.07 bits per heavy atom. The van der Waals surface area contributed by atoms with E-state index in [0.717, 1.165) is 32.5 Å². The van der Waals surface area contributed by atoms with Gasteiger partial charge in [0.05, 0.1) is 20.3 Å². The summed E-state index contributed by atoms with van der Waals surface area (Å²) in [6, 6.07) is 0.327. The van der Waals surface area contributed by atoms with Gasteiger partial charge >= 0.3 is 0 Å². The summed E-state index contributed by atoms with van der Waals surface area (Å²) in [5.74, 6) is 0. The van der Waals surface area contributed by atoms with E-state index in [-0.39, 0.29) is 6.41 Å². The Morgan fingerprint density at radius 3 is 2.57 bits per heavy atom. The van der Waals surface area contributed by atoms with E-state index < -0.39 is 0 Å². The van der Waals surface area contributed by atoms with Gasteiger partial charge in [-0.2, -0.15) is 0 Å². The predicted molar refractivity (Wildman–Crippen MR) is 53.5 cm³/mol. The molecule has 4 nitrogen and oxygen atoms in total. The van der Waals surface area contributed by atoms with E-state index in [1.807, 2.05) is 0 Å². The SMILES string of the molecule is CCCC(C)N(OC)C1OCCCO1. The van der Waals surface area contributed by atoms with Crippen LogP contribution in [0, 0.1) is 0 Å². The van der Waals surface area contributed by atoms with Crippen LogP contribution in [0.15, 0.2) is 0 Å². The summed E-state index contributed by atoms with van der Waals surface area (Å²) in [6.45, 7) is 5.79. The van der Waals surface area contributed by atoms with Gasteiger partial charge in [0.2, 0.25) is 6.41 Å². The van der Waals surface area contributed by atoms with Gasteiger partial charge in [0.25, 0.3) is 0 Å². The molecule has 1 unspecified atom stereocenters. The topological polar surface area (TPSA) is 30.9 Å². The lowest BCUT2D eigenvalue weighted by Gasteiger charge is -2.35. The van der Waals surface area contributed by atoms with Gasteiger partial charge in [-0.05, 0) is 19.8 Å². The second kappa shape index (κ2) is 6.35. The van der Waals surface area contributed by atoms with E-state index in [4.69, 9.17) is 14.3 Å². The van der Waals surface area contributed by atoms with E-state index in [2.05, 4.69) is 13.8 Å². The first-order valence-electron chi connectivity index (χ1n) is 5.35. The van der Waals surface area contributed by atoms with Gasteiger partial charge in [0.15, 0.2) is 0 Å². The van der Waals surface area contributed by atoms with Crippen molar-refractivity contribution in [3.8, 4) is 0 Å². The molecule has 1 aliphatic heterocycles. The lowest BCUT2D eigenvalue weighted by molar-refractivity contribution is -0.356.